The van der Waals surface area contributed by atoms with E-state index in [0.717, 1.165) is 12.1 Å². The van der Waals surface area contributed by atoms with Crippen molar-refractivity contribution in [2.24, 2.45) is 0 Å². The number of carbonyl (C=O) groups is 1. The van der Waals surface area contributed by atoms with Gasteiger partial charge in [0.2, 0.25) is 0 Å². The molecule has 0 spiro atoms. The molecule has 0 aliphatic rings. The zero-order chi connectivity index (χ0) is 13.2. The first-order valence-corrected chi connectivity index (χ1v) is 5.94. The lowest BCUT2D eigenvalue weighted by atomic mass is 10.2. The zero-order valence-electron chi connectivity index (χ0n) is 8.40. The van der Waals surface area contributed by atoms with E-state index in [-0.39, 0.29) is 0 Å². The van der Waals surface area contributed by atoms with E-state index in [9.17, 15) is 23.1 Å². The van der Waals surface area contributed by atoms with E-state index in [1.54, 1.807) is 0 Å². The van der Waals surface area contributed by atoms with Crippen molar-refractivity contribution >= 4 is 16.1 Å². The van der Waals surface area contributed by atoms with Crippen LogP contribution in [0.3, 0.4) is 0 Å². The first-order valence-electron chi connectivity index (χ1n) is 4.33. The average molecular weight is 263 g/mol. The molecule has 1 heterocycles. The number of rotatable bonds is 4. The number of aromatic nitrogens is 1. The maximum Gasteiger partial charge on any atom is 0.336 e. The second-order valence-electron chi connectivity index (χ2n) is 3.18. The molecule has 1 aromatic rings. The van der Waals surface area contributed by atoms with E-state index in [1.807, 2.05) is 0 Å². The van der Waals surface area contributed by atoms with Crippen LogP contribution in [0.25, 0.3) is 0 Å². The lowest BCUT2D eigenvalue weighted by Gasteiger charge is -2.07. The Morgan fingerprint density at radius 2 is 1.94 bits per heavy atom. The quantitative estimate of drug-likeness (QED) is 0.601. The Kier molecular flexibility index (Phi) is 3.53. The van der Waals surface area contributed by atoms with Crippen LogP contribution < -0.4 is 5.56 Å². The summed E-state index contributed by atoms with van der Waals surface area (Å²) in [5.41, 5.74) is -1.28. The van der Waals surface area contributed by atoms with Crippen LogP contribution in [-0.2, 0) is 16.7 Å². The summed E-state index contributed by atoms with van der Waals surface area (Å²) in [6, 6.07) is 1.56. The molecule has 3 N–H and O–H groups in total. The fraction of sp³-hybridized carbons (Fsp3) is 0.250. The minimum Gasteiger partial charge on any atom is -0.494 e. The van der Waals surface area contributed by atoms with Crippen molar-refractivity contribution in [2.75, 3.05) is 5.75 Å². The molecule has 1 rings (SSSR count). The van der Waals surface area contributed by atoms with Gasteiger partial charge in [0.1, 0.15) is 0 Å². The molecule has 94 valence electrons. The molecule has 0 radical (unpaired) electrons. The molecule has 8 nitrogen and oxygen atoms in total. The number of hydrogen-bond donors (Lipinski definition) is 3. The third-order valence-corrected chi connectivity index (χ3v) is 2.62. The highest BCUT2D eigenvalue weighted by molar-refractivity contribution is 7.85. The van der Waals surface area contributed by atoms with Crippen molar-refractivity contribution in [1.82, 2.24) is 4.57 Å². The Balaban J connectivity index is 3.11. The molecule has 0 aromatic carbocycles. The highest BCUT2D eigenvalue weighted by Crippen LogP contribution is 2.09. The van der Waals surface area contributed by atoms with Crippen LogP contribution in [0.15, 0.2) is 16.9 Å². The minimum atomic E-state index is -4.27. The number of aromatic carboxylic acids is 1. The fourth-order valence-corrected chi connectivity index (χ4v) is 1.55. The number of pyridine rings is 1. The molecule has 17 heavy (non-hydrogen) atoms. The second-order valence-corrected chi connectivity index (χ2v) is 4.76. The van der Waals surface area contributed by atoms with Crippen LogP contribution in [0.4, 0.5) is 0 Å². The summed E-state index contributed by atoms with van der Waals surface area (Å²) < 4.78 is 30.1. The summed E-state index contributed by atoms with van der Waals surface area (Å²) >= 11 is 0. The molecule has 0 unspecified atom stereocenters. The lowest BCUT2D eigenvalue weighted by Crippen LogP contribution is -2.24. The molecule has 1 aromatic heterocycles. The first kappa shape index (κ1) is 13.2. The Bertz CT molecular complexity index is 601. The summed E-state index contributed by atoms with van der Waals surface area (Å²) in [6.07, 6.45) is 0. The SMILES string of the molecule is O=C(O)c1cc(O)n(CCS(=O)(=O)O)c(=O)c1. The van der Waals surface area contributed by atoms with Gasteiger partial charge >= 0.3 is 5.97 Å². The van der Waals surface area contributed by atoms with Gasteiger partial charge in [-0.05, 0) is 0 Å². The predicted octanol–water partition coefficient (Wildman–Crippen LogP) is -0.860. The van der Waals surface area contributed by atoms with Crippen LogP contribution in [0, 0.1) is 0 Å². The zero-order valence-corrected chi connectivity index (χ0v) is 9.22. The van der Waals surface area contributed by atoms with Gasteiger partial charge in [0.05, 0.1) is 11.3 Å². The molecule has 0 aliphatic heterocycles. The summed E-state index contributed by atoms with van der Waals surface area (Å²) in [6.45, 7) is -0.469. The largest absolute Gasteiger partial charge is 0.494 e. The van der Waals surface area contributed by atoms with E-state index in [4.69, 9.17) is 9.66 Å². The van der Waals surface area contributed by atoms with Crippen molar-refractivity contribution in [1.29, 1.82) is 0 Å². The number of nitrogens with zero attached hydrogens (tertiary/aromatic N) is 1. The molecule has 0 aliphatic carbocycles. The second kappa shape index (κ2) is 4.55. The fourth-order valence-electron chi connectivity index (χ4n) is 1.14. The Morgan fingerprint density at radius 1 is 1.35 bits per heavy atom. The molecule has 0 bridgehead atoms. The minimum absolute atomic E-state index is 0.407. The van der Waals surface area contributed by atoms with E-state index in [1.165, 1.54) is 0 Å². The highest BCUT2D eigenvalue weighted by atomic mass is 32.2. The Morgan fingerprint density at radius 3 is 2.35 bits per heavy atom. The third kappa shape index (κ3) is 3.57. The highest BCUT2D eigenvalue weighted by Gasteiger charge is 2.12. The molecule has 0 saturated carbocycles. The van der Waals surface area contributed by atoms with E-state index in [2.05, 4.69) is 0 Å². The maximum absolute atomic E-state index is 11.3. The van der Waals surface area contributed by atoms with E-state index in [0.29, 0.717) is 4.57 Å². The van der Waals surface area contributed by atoms with Gasteiger partial charge in [0, 0.05) is 18.7 Å². The molecular weight excluding hydrogens is 254 g/mol. The van der Waals surface area contributed by atoms with Gasteiger partial charge in [-0.1, -0.05) is 0 Å². The van der Waals surface area contributed by atoms with Crippen LogP contribution in [-0.4, -0.2) is 39.5 Å². The van der Waals surface area contributed by atoms with Gasteiger partial charge in [-0.25, -0.2) is 4.79 Å². The third-order valence-electron chi connectivity index (χ3n) is 1.93. The van der Waals surface area contributed by atoms with Crippen molar-refractivity contribution in [3.8, 4) is 5.88 Å². The van der Waals surface area contributed by atoms with Gasteiger partial charge < -0.3 is 10.2 Å². The molecule has 9 heteroatoms. The van der Waals surface area contributed by atoms with Crippen molar-refractivity contribution in [3.05, 3.63) is 28.0 Å². The van der Waals surface area contributed by atoms with Gasteiger partial charge in [-0.2, -0.15) is 8.42 Å². The van der Waals surface area contributed by atoms with E-state index < -0.39 is 45.4 Å². The van der Waals surface area contributed by atoms with Crippen molar-refractivity contribution in [3.63, 3.8) is 0 Å². The predicted molar refractivity (Wildman–Crippen MR) is 55.7 cm³/mol. The number of aromatic hydroxyl groups is 1. The average Bonchev–Trinajstić information content (AvgIpc) is 2.14. The number of carboxylic acid groups (broad SMARTS) is 1. The Labute approximate surface area is 95.5 Å². The van der Waals surface area contributed by atoms with Crippen LogP contribution in [0.2, 0.25) is 0 Å². The van der Waals surface area contributed by atoms with Crippen LogP contribution in [0.1, 0.15) is 10.4 Å². The van der Waals surface area contributed by atoms with Gasteiger partial charge in [-0.15, -0.1) is 0 Å². The van der Waals surface area contributed by atoms with E-state index >= 15 is 0 Å². The monoisotopic (exact) mass is 263 g/mol. The first-order chi connectivity index (χ1) is 7.70. The molecule has 0 fully saturated rings. The molecule has 0 atom stereocenters. The number of carboxylic acids is 1. The Hall–Kier alpha value is -1.87. The molecule has 0 amide bonds. The summed E-state index contributed by atoms with van der Waals surface area (Å²) in [5.74, 6) is -2.83. The number of hydrogen-bond acceptors (Lipinski definition) is 5. The molecule has 0 saturated heterocycles. The van der Waals surface area contributed by atoms with Gasteiger partial charge in [0.25, 0.3) is 15.7 Å². The molecular formula is C8H9NO7S. The van der Waals surface area contributed by atoms with Crippen molar-refractivity contribution < 1.29 is 28.0 Å². The van der Waals surface area contributed by atoms with Crippen LogP contribution in [0.5, 0.6) is 5.88 Å². The lowest BCUT2D eigenvalue weighted by molar-refractivity contribution is 0.0695. The van der Waals surface area contributed by atoms with Gasteiger partial charge in [-0.3, -0.25) is 13.9 Å². The summed E-state index contributed by atoms with van der Waals surface area (Å²) in [4.78, 5) is 21.9. The normalized spacial score (nSPS) is 11.4. The topological polar surface area (TPSA) is 134 Å². The van der Waals surface area contributed by atoms with Crippen molar-refractivity contribution in [2.45, 2.75) is 6.54 Å². The standard InChI is InChI=1S/C8H9NO7S/c10-6-3-5(8(12)13)4-7(11)9(6)1-2-17(14,15)16/h3-4,10H,1-2H2,(H,12,13)(H,14,15,16). The smallest absolute Gasteiger partial charge is 0.336 e. The summed E-state index contributed by atoms with van der Waals surface area (Å²) in [7, 11) is -4.27. The summed E-state index contributed by atoms with van der Waals surface area (Å²) in [5, 5.41) is 17.9. The van der Waals surface area contributed by atoms with Crippen LogP contribution >= 0.6 is 0 Å². The van der Waals surface area contributed by atoms with Gasteiger partial charge in [0.15, 0.2) is 5.88 Å². The maximum atomic E-state index is 11.3.